The van der Waals surface area contributed by atoms with Gasteiger partial charge in [0.1, 0.15) is 42.7 Å². The Morgan fingerprint density at radius 1 is 0.571 bits per heavy atom. The first kappa shape index (κ1) is 52.8. The Hall–Kier alpha value is -1.18. The number of hydrogen-bond donors (Lipinski definition) is 6. The first-order valence-electron chi connectivity index (χ1n) is 22.2. The second-order valence-electron chi connectivity index (χ2n) is 15.6. The van der Waals surface area contributed by atoms with Crippen LogP contribution in [-0.4, -0.2) is 98.9 Å². The lowest BCUT2D eigenvalue weighted by Crippen LogP contribution is -2.64. The largest absolute Gasteiger partial charge is 0.472 e. The summed E-state index contributed by atoms with van der Waals surface area (Å²) in [6.45, 7) is 4.21. The minimum Gasteiger partial charge on any atom is -0.457 e. The van der Waals surface area contributed by atoms with Crippen LogP contribution in [0.5, 0.6) is 0 Å². The molecule has 0 saturated heterocycles. The van der Waals surface area contributed by atoms with E-state index in [2.05, 4.69) is 38.2 Å². The Kier molecular flexibility index (Phi) is 32.7. The predicted molar refractivity (Wildman–Crippen MR) is 221 cm³/mol. The molecule has 6 unspecified atom stereocenters. The van der Waals surface area contributed by atoms with Crippen LogP contribution in [0.2, 0.25) is 0 Å². The minimum atomic E-state index is -5.01. The summed E-state index contributed by atoms with van der Waals surface area (Å²) in [6.07, 6.45) is 25.3. The van der Waals surface area contributed by atoms with Crippen molar-refractivity contribution in [3.8, 4) is 0 Å². The SMILES string of the molecule is CCCC/C=C\C/C=C\CCCCCCCC(=O)OC(COCCCCCCCCCCCCCCCCC)COP(=O)(O)OC1C(O)C(O)C(O)C(O)C1O. The van der Waals surface area contributed by atoms with E-state index < -0.39 is 63.1 Å². The van der Waals surface area contributed by atoms with E-state index in [1.54, 1.807) is 0 Å². The van der Waals surface area contributed by atoms with E-state index >= 15 is 0 Å². The number of carbonyl (C=O) groups excluding carboxylic acids is 1. The highest BCUT2D eigenvalue weighted by atomic mass is 31.2. The van der Waals surface area contributed by atoms with Gasteiger partial charge in [-0.05, 0) is 38.5 Å². The number of ether oxygens (including phenoxy) is 2. The van der Waals surface area contributed by atoms with Gasteiger partial charge in [0.05, 0.1) is 13.2 Å². The zero-order valence-corrected chi connectivity index (χ0v) is 35.8. The fraction of sp³-hybridized carbons (Fsp3) is 0.884. The number of hydrogen-bond acceptors (Lipinski definition) is 11. The number of phosphoric ester groups is 1. The van der Waals surface area contributed by atoms with Crippen LogP contribution in [0, 0.1) is 0 Å². The highest BCUT2D eigenvalue weighted by molar-refractivity contribution is 7.47. The summed E-state index contributed by atoms with van der Waals surface area (Å²) in [5.41, 5.74) is 0. The Morgan fingerprint density at radius 3 is 1.55 bits per heavy atom. The second kappa shape index (κ2) is 34.7. The fourth-order valence-corrected chi connectivity index (χ4v) is 7.70. The third kappa shape index (κ3) is 26.7. The van der Waals surface area contributed by atoms with E-state index in [9.17, 15) is 39.8 Å². The van der Waals surface area contributed by atoms with Gasteiger partial charge in [-0.3, -0.25) is 13.8 Å². The molecule has 56 heavy (non-hydrogen) atoms. The summed E-state index contributed by atoms with van der Waals surface area (Å²) in [6, 6.07) is 0. The monoisotopic (exact) mass is 821 g/mol. The highest BCUT2D eigenvalue weighted by Gasteiger charge is 2.51. The molecule has 1 aliphatic carbocycles. The highest BCUT2D eigenvalue weighted by Crippen LogP contribution is 2.47. The minimum absolute atomic E-state index is 0.0787. The first-order chi connectivity index (χ1) is 27.0. The molecule has 330 valence electrons. The number of rotatable bonds is 37. The molecule has 12 nitrogen and oxygen atoms in total. The van der Waals surface area contributed by atoms with E-state index in [0.717, 1.165) is 64.2 Å². The van der Waals surface area contributed by atoms with Gasteiger partial charge in [-0.15, -0.1) is 0 Å². The van der Waals surface area contributed by atoms with Crippen molar-refractivity contribution in [3.63, 3.8) is 0 Å². The number of phosphoric acid groups is 1. The molecule has 6 atom stereocenters. The average molecular weight is 821 g/mol. The van der Waals surface area contributed by atoms with Crippen molar-refractivity contribution < 1.29 is 58.3 Å². The lowest BCUT2D eigenvalue weighted by atomic mass is 9.85. The van der Waals surface area contributed by atoms with Gasteiger partial charge in [0.2, 0.25) is 0 Å². The van der Waals surface area contributed by atoms with Crippen molar-refractivity contribution in [2.75, 3.05) is 19.8 Å². The molecule has 0 aliphatic heterocycles. The maximum atomic E-state index is 12.8. The summed E-state index contributed by atoms with van der Waals surface area (Å²) in [5.74, 6) is -0.490. The van der Waals surface area contributed by atoms with Gasteiger partial charge in [-0.25, -0.2) is 4.57 Å². The van der Waals surface area contributed by atoms with Crippen LogP contribution >= 0.6 is 7.82 Å². The van der Waals surface area contributed by atoms with E-state index in [-0.39, 0.29) is 13.0 Å². The van der Waals surface area contributed by atoms with Crippen molar-refractivity contribution >= 4 is 13.8 Å². The molecule has 0 heterocycles. The van der Waals surface area contributed by atoms with Crippen LogP contribution in [0.25, 0.3) is 0 Å². The van der Waals surface area contributed by atoms with Gasteiger partial charge in [-0.1, -0.05) is 160 Å². The molecule has 1 saturated carbocycles. The average Bonchev–Trinajstić information content (AvgIpc) is 3.18. The molecule has 0 amide bonds. The number of aliphatic hydroxyl groups is 5. The number of aliphatic hydroxyl groups excluding tert-OH is 5. The molecule has 0 aromatic carbocycles. The normalized spacial score (nSPS) is 23.2. The molecule has 13 heteroatoms. The molecule has 1 rings (SSSR count). The topological polar surface area (TPSA) is 192 Å². The number of allylic oxidation sites excluding steroid dienone is 4. The zero-order chi connectivity index (χ0) is 41.3. The van der Waals surface area contributed by atoms with Gasteiger partial charge >= 0.3 is 13.8 Å². The molecule has 0 radical (unpaired) electrons. The molecule has 0 aromatic rings. The molecule has 0 spiro atoms. The van der Waals surface area contributed by atoms with E-state index in [1.165, 1.54) is 89.9 Å². The van der Waals surface area contributed by atoms with E-state index in [4.69, 9.17) is 18.5 Å². The van der Waals surface area contributed by atoms with Crippen molar-refractivity contribution in [2.45, 2.75) is 224 Å². The van der Waals surface area contributed by atoms with Crippen molar-refractivity contribution in [1.29, 1.82) is 0 Å². The lowest BCUT2D eigenvalue weighted by Gasteiger charge is -2.41. The summed E-state index contributed by atoms with van der Waals surface area (Å²) >= 11 is 0. The predicted octanol–water partition coefficient (Wildman–Crippen LogP) is 8.53. The molecule has 6 N–H and O–H groups in total. The van der Waals surface area contributed by atoms with Crippen LogP contribution in [-0.2, 0) is 27.9 Å². The summed E-state index contributed by atoms with van der Waals surface area (Å²) < 4.78 is 34.1. The Balaban J connectivity index is 2.42. The smallest absolute Gasteiger partial charge is 0.457 e. The maximum Gasteiger partial charge on any atom is 0.472 e. The van der Waals surface area contributed by atoms with Crippen LogP contribution in [0.1, 0.15) is 181 Å². The number of esters is 1. The lowest BCUT2D eigenvalue weighted by molar-refractivity contribution is -0.220. The maximum absolute atomic E-state index is 12.8. The molecule has 1 aliphatic rings. The van der Waals surface area contributed by atoms with Crippen molar-refractivity contribution in [1.82, 2.24) is 0 Å². The van der Waals surface area contributed by atoms with Gasteiger partial charge in [-0.2, -0.15) is 0 Å². The quantitative estimate of drug-likeness (QED) is 0.0152. The van der Waals surface area contributed by atoms with Crippen LogP contribution < -0.4 is 0 Å². The zero-order valence-electron chi connectivity index (χ0n) is 34.9. The molecular weight excluding hydrogens is 739 g/mol. The van der Waals surface area contributed by atoms with Crippen LogP contribution in [0.15, 0.2) is 24.3 Å². The molecule has 0 bridgehead atoms. The molecule has 1 fully saturated rings. The summed E-state index contributed by atoms with van der Waals surface area (Å²) in [7, 11) is -5.01. The Labute approximate surface area is 339 Å². The third-order valence-corrected chi connectivity index (χ3v) is 11.3. The molecule has 0 aromatic heterocycles. The van der Waals surface area contributed by atoms with Crippen molar-refractivity contribution in [2.24, 2.45) is 0 Å². The van der Waals surface area contributed by atoms with E-state index in [0.29, 0.717) is 13.0 Å². The van der Waals surface area contributed by atoms with Gasteiger partial charge in [0.25, 0.3) is 0 Å². The first-order valence-corrected chi connectivity index (χ1v) is 23.7. The van der Waals surface area contributed by atoms with Crippen LogP contribution in [0.3, 0.4) is 0 Å². The van der Waals surface area contributed by atoms with Gasteiger partial charge < -0.3 is 39.9 Å². The third-order valence-electron chi connectivity index (χ3n) is 10.3. The fourth-order valence-electron chi connectivity index (χ4n) is 6.72. The Bertz CT molecular complexity index is 1030. The van der Waals surface area contributed by atoms with Gasteiger partial charge in [0, 0.05) is 13.0 Å². The number of carbonyl (C=O) groups is 1. The van der Waals surface area contributed by atoms with E-state index in [1.807, 2.05) is 0 Å². The van der Waals surface area contributed by atoms with Crippen molar-refractivity contribution in [3.05, 3.63) is 24.3 Å². The summed E-state index contributed by atoms with van der Waals surface area (Å²) in [4.78, 5) is 23.1. The second-order valence-corrected chi connectivity index (χ2v) is 17.0. The van der Waals surface area contributed by atoms with Gasteiger partial charge in [0.15, 0.2) is 0 Å². The standard InChI is InChI=1S/C43H81O12P/c1-3-5-7-9-11-13-15-17-19-21-23-25-27-29-31-33-52-34-36(35-53-56(50,51)55-43-41(48)39(46)38(45)40(47)42(43)49)54-37(44)32-30-28-26-24-22-20-18-16-14-12-10-8-6-4-2/h10,12,16,18,36,38-43,45-49H,3-9,11,13-15,17,19-35H2,1-2H3,(H,50,51)/b12-10-,18-16-. The molecular formula is C43H81O12P. The summed E-state index contributed by atoms with van der Waals surface area (Å²) in [5, 5.41) is 50.1. The number of unbranched alkanes of at least 4 members (excludes halogenated alkanes) is 21. The Morgan fingerprint density at radius 2 is 1.02 bits per heavy atom. The van der Waals surface area contributed by atoms with Crippen LogP contribution in [0.4, 0.5) is 0 Å².